The second kappa shape index (κ2) is 9.23. The van der Waals surface area contributed by atoms with Gasteiger partial charge in [0.2, 0.25) is 0 Å². The molecule has 0 aliphatic heterocycles. The fourth-order valence-corrected chi connectivity index (χ4v) is 2.10. The number of ether oxygens (including phenoxy) is 2. The Kier molecular flexibility index (Phi) is 7.01. The standard InChI is InChI=1S/C20H21F2NO4/c1-12(2)26-11-14-4-6-15(7-5-14)20(25)27-13(3)19(24)23-16-8-9-17(21)18(22)10-16/h4-10,12-13H,11H2,1-3H3,(H,23,24)/t13-/m1/s1. The molecule has 0 bridgehead atoms. The second-order valence-electron chi connectivity index (χ2n) is 6.22. The molecule has 0 aromatic heterocycles. The van der Waals surface area contributed by atoms with Gasteiger partial charge in [-0.15, -0.1) is 0 Å². The molecule has 0 unspecified atom stereocenters. The van der Waals surface area contributed by atoms with Gasteiger partial charge in [0.25, 0.3) is 5.91 Å². The van der Waals surface area contributed by atoms with Crippen molar-refractivity contribution in [3.8, 4) is 0 Å². The van der Waals surface area contributed by atoms with E-state index in [0.717, 1.165) is 17.7 Å². The van der Waals surface area contributed by atoms with Gasteiger partial charge in [-0.2, -0.15) is 0 Å². The minimum absolute atomic E-state index is 0.0660. The number of carbonyl (C=O) groups excluding carboxylic acids is 2. The lowest BCUT2D eigenvalue weighted by molar-refractivity contribution is -0.123. The third kappa shape index (κ3) is 6.14. The SMILES string of the molecule is CC(C)OCc1ccc(C(=O)O[C@H](C)C(=O)Nc2ccc(F)c(F)c2)cc1. The van der Waals surface area contributed by atoms with Crippen LogP contribution in [0.25, 0.3) is 0 Å². The average Bonchev–Trinajstić information content (AvgIpc) is 2.63. The summed E-state index contributed by atoms with van der Waals surface area (Å²) in [5.74, 6) is -3.43. The van der Waals surface area contributed by atoms with E-state index in [1.54, 1.807) is 24.3 Å². The molecule has 0 heterocycles. The molecule has 1 amide bonds. The largest absolute Gasteiger partial charge is 0.449 e. The highest BCUT2D eigenvalue weighted by Crippen LogP contribution is 2.14. The van der Waals surface area contributed by atoms with Crippen molar-refractivity contribution in [2.75, 3.05) is 5.32 Å². The molecule has 1 N–H and O–H groups in total. The van der Waals surface area contributed by atoms with Crippen LogP contribution in [-0.2, 0) is 20.9 Å². The van der Waals surface area contributed by atoms with Crippen LogP contribution in [-0.4, -0.2) is 24.1 Å². The smallest absolute Gasteiger partial charge is 0.338 e. The zero-order valence-electron chi connectivity index (χ0n) is 15.3. The number of nitrogens with one attached hydrogen (secondary N) is 1. The fourth-order valence-electron chi connectivity index (χ4n) is 2.10. The summed E-state index contributed by atoms with van der Waals surface area (Å²) in [6, 6.07) is 9.60. The van der Waals surface area contributed by atoms with Crippen LogP contribution in [0.2, 0.25) is 0 Å². The van der Waals surface area contributed by atoms with Crippen LogP contribution >= 0.6 is 0 Å². The van der Waals surface area contributed by atoms with Crippen LogP contribution in [0.5, 0.6) is 0 Å². The van der Waals surface area contributed by atoms with E-state index in [4.69, 9.17) is 9.47 Å². The van der Waals surface area contributed by atoms with Gasteiger partial charge in [-0.1, -0.05) is 12.1 Å². The molecular formula is C20H21F2NO4. The van der Waals surface area contributed by atoms with Crippen LogP contribution in [0.1, 0.15) is 36.7 Å². The lowest BCUT2D eigenvalue weighted by Gasteiger charge is -2.14. The fraction of sp³-hybridized carbons (Fsp3) is 0.300. The van der Waals surface area contributed by atoms with Crippen LogP contribution in [0.4, 0.5) is 14.5 Å². The summed E-state index contributed by atoms with van der Waals surface area (Å²) in [5, 5.41) is 2.36. The number of hydrogen-bond acceptors (Lipinski definition) is 4. The molecule has 144 valence electrons. The molecule has 0 saturated carbocycles. The molecule has 2 aromatic carbocycles. The summed E-state index contributed by atoms with van der Waals surface area (Å²) < 4.78 is 36.7. The van der Waals surface area contributed by atoms with Crippen molar-refractivity contribution in [2.45, 2.75) is 39.6 Å². The summed E-state index contributed by atoms with van der Waals surface area (Å²) in [6.07, 6.45) is -1.02. The number of amides is 1. The van der Waals surface area contributed by atoms with E-state index >= 15 is 0 Å². The average molecular weight is 377 g/mol. The molecule has 0 aliphatic rings. The van der Waals surface area contributed by atoms with Gasteiger partial charge in [0, 0.05) is 11.8 Å². The Morgan fingerprint density at radius 1 is 1.00 bits per heavy atom. The Labute approximate surface area is 156 Å². The molecule has 0 saturated heterocycles. The van der Waals surface area contributed by atoms with E-state index in [0.29, 0.717) is 6.61 Å². The van der Waals surface area contributed by atoms with Crippen molar-refractivity contribution in [3.63, 3.8) is 0 Å². The summed E-state index contributed by atoms with van der Waals surface area (Å²) in [7, 11) is 0. The first-order chi connectivity index (χ1) is 12.8. The Bertz CT molecular complexity index is 806. The molecule has 1 atom stereocenters. The van der Waals surface area contributed by atoms with Crippen molar-refractivity contribution >= 4 is 17.6 Å². The number of carbonyl (C=O) groups is 2. The number of esters is 1. The normalized spacial score (nSPS) is 11.9. The lowest BCUT2D eigenvalue weighted by Crippen LogP contribution is -2.30. The summed E-state index contributed by atoms with van der Waals surface area (Å²) >= 11 is 0. The Morgan fingerprint density at radius 3 is 2.26 bits per heavy atom. The van der Waals surface area contributed by atoms with Crippen LogP contribution < -0.4 is 5.32 Å². The zero-order valence-corrected chi connectivity index (χ0v) is 15.3. The molecule has 7 heteroatoms. The highest BCUT2D eigenvalue weighted by molar-refractivity contribution is 5.97. The van der Waals surface area contributed by atoms with E-state index in [2.05, 4.69) is 5.32 Å². The quantitative estimate of drug-likeness (QED) is 0.739. The zero-order chi connectivity index (χ0) is 20.0. The Hall–Kier alpha value is -2.80. The number of anilines is 1. The van der Waals surface area contributed by atoms with Crippen LogP contribution in [0.15, 0.2) is 42.5 Å². The minimum atomic E-state index is -1.12. The molecule has 2 rings (SSSR count). The maximum atomic E-state index is 13.2. The lowest BCUT2D eigenvalue weighted by atomic mass is 10.1. The van der Waals surface area contributed by atoms with E-state index in [1.165, 1.54) is 13.0 Å². The van der Waals surface area contributed by atoms with Gasteiger partial charge in [0.1, 0.15) is 0 Å². The van der Waals surface area contributed by atoms with Crippen LogP contribution in [0, 0.1) is 11.6 Å². The van der Waals surface area contributed by atoms with E-state index < -0.39 is 29.6 Å². The van der Waals surface area contributed by atoms with E-state index in [9.17, 15) is 18.4 Å². The topological polar surface area (TPSA) is 64.6 Å². The van der Waals surface area contributed by atoms with Gasteiger partial charge >= 0.3 is 5.97 Å². The van der Waals surface area contributed by atoms with E-state index in [-0.39, 0.29) is 17.4 Å². The maximum absolute atomic E-state index is 13.2. The third-order valence-corrected chi connectivity index (χ3v) is 3.61. The van der Waals surface area contributed by atoms with Gasteiger partial charge in [0.15, 0.2) is 17.7 Å². The van der Waals surface area contributed by atoms with Crippen molar-refractivity contribution in [2.24, 2.45) is 0 Å². The van der Waals surface area contributed by atoms with Crippen molar-refractivity contribution in [1.82, 2.24) is 0 Å². The summed E-state index contributed by atoms with van der Waals surface area (Å²) in [6.45, 7) is 5.68. The minimum Gasteiger partial charge on any atom is -0.449 e. The van der Waals surface area contributed by atoms with Gasteiger partial charge < -0.3 is 14.8 Å². The number of halogens is 2. The van der Waals surface area contributed by atoms with Gasteiger partial charge in [-0.05, 0) is 50.6 Å². The third-order valence-electron chi connectivity index (χ3n) is 3.61. The molecule has 27 heavy (non-hydrogen) atoms. The monoisotopic (exact) mass is 377 g/mol. The van der Waals surface area contributed by atoms with Crippen LogP contribution in [0.3, 0.4) is 0 Å². The predicted octanol–water partition coefficient (Wildman–Crippen LogP) is 4.07. The molecule has 2 aromatic rings. The van der Waals surface area contributed by atoms with Gasteiger partial charge in [0.05, 0.1) is 18.3 Å². The van der Waals surface area contributed by atoms with E-state index in [1.807, 2.05) is 13.8 Å². The Morgan fingerprint density at radius 2 is 1.67 bits per heavy atom. The van der Waals surface area contributed by atoms with Gasteiger partial charge in [-0.3, -0.25) is 4.79 Å². The molecule has 0 spiro atoms. The van der Waals surface area contributed by atoms with Crippen molar-refractivity contribution < 1.29 is 27.8 Å². The molecule has 5 nitrogen and oxygen atoms in total. The number of benzene rings is 2. The Balaban J connectivity index is 1.91. The predicted molar refractivity (Wildman–Crippen MR) is 96.2 cm³/mol. The molecule has 0 radical (unpaired) electrons. The number of rotatable bonds is 7. The molecule has 0 fully saturated rings. The summed E-state index contributed by atoms with van der Waals surface area (Å²) in [4.78, 5) is 24.2. The summed E-state index contributed by atoms with van der Waals surface area (Å²) in [5.41, 5.74) is 1.26. The first kappa shape index (κ1) is 20.5. The van der Waals surface area contributed by atoms with Crippen molar-refractivity contribution in [1.29, 1.82) is 0 Å². The van der Waals surface area contributed by atoms with Crippen molar-refractivity contribution in [3.05, 3.63) is 65.2 Å². The van der Waals surface area contributed by atoms with Gasteiger partial charge in [-0.25, -0.2) is 13.6 Å². The molecule has 0 aliphatic carbocycles. The first-order valence-corrected chi connectivity index (χ1v) is 8.43. The highest BCUT2D eigenvalue weighted by atomic mass is 19.2. The number of hydrogen-bond donors (Lipinski definition) is 1. The molecular weight excluding hydrogens is 356 g/mol. The second-order valence-corrected chi connectivity index (χ2v) is 6.22. The maximum Gasteiger partial charge on any atom is 0.338 e. The highest BCUT2D eigenvalue weighted by Gasteiger charge is 2.19. The first-order valence-electron chi connectivity index (χ1n) is 8.43.